The van der Waals surface area contributed by atoms with Crippen molar-refractivity contribution < 1.29 is 22.7 Å². The van der Waals surface area contributed by atoms with Crippen LogP contribution >= 0.6 is 0 Å². The van der Waals surface area contributed by atoms with Crippen LogP contribution in [0.1, 0.15) is 37.3 Å². The number of likely N-dealkylation sites (tertiary alicyclic amines) is 1. The highest BCUT2D eigenvalue weighted by molar-refractivity contribution is 5.78. The van der Waals surface area contributed by atoms with E-state index in [2.05, 4.69) is 0 Å². The molecular weight excluding hydrogens is 333 g/mol. The molecular formula is C18H25F3N2O2. The third-order valence-corrected chi connectivity index (χ3v) is 4.54. The maximum absolute atomic E-state index is 12.5. The van der Waals surface area contributed by atoms with E-state index in [1.807, 2.05) is 29.2 Å². The second-order valence-corrected chi connectivity index (χ2v) is 6.47. The summed E-state index contributed by atoms with van der Waals surface area (Å²) in [5, 5.41) is 0. The highest BCUT2D eigenvalue weighted by Crippen LogP contribution is 2.31. The summed E-state index contributed by atoms with van der Waals surface area (Å²) in [5.41, 5.74) is 1.06. The Kier molecular flexibility index (Phi) is 6.70. The third kappa shape index (κ3) is 5.92. The first-order valence-corrected chi connectivity index (χ1v) is 8.49. The van der Waals surface area contributed by atoms with E-state index in [0.29, 0.717) is 6.54 Å². The van der Waals surface area contributed by atoms with Crippen LogP contribution in [0.15, 0.2) is 24.3 Å². The zero-order valence-corrected chi connectivity index (χ0v) is 14.7. The van der Waals surface area contributed by atoms with E-state index >= 15 is 0 Å². The van der Waals surface area contributed by atoms with Crippen molar-refractivity contribution in [2.45, 2.75) is 37.9 Å². The quantitative estimate of drug-likeness (QED) is 0.806. The summed E-state index contributed by atoms with van der Waals surface area (Å²) >= 11 is 0. The fraction of sp³-hybridized carbons (Fsp3) is 0.611. The molecule has 1 amide bonds. The molecule has 25 heavy (non-hydrogen) atoms. The summed E-state index contributed by atoms with van der Waals surface area (Å²) in [6, 6.07) is 7.71. The van der Waals surface area contributed by atoms with Crippen molar-refractivity contribution in [2.24, 2.45) is 0 Å². The van der Waals surface area contributed by atoms with Crippen LogP contribution in [0.25, 0.3) is 0 Å². The minimum Gasteiger partial charge on any atom is -0.497 e. The van der Waals surface area contributed by atoms with Gasteiger partial charge in [-0.3, -0.25) is 9.69 Å². The summed E-state index contributed by atoms with van der Waals surface area (Å²) in [6.45, 7) is -0.502. The van der Waals surface area contributed by atoms with Crippen LogP contribution < -0.4 is 4.74 Å². The summed E-state index contributed by atoms with van der Waals surface area (Å²) in [5.74, 6) is 0.252. The molecule has 140 valence electrons. The molecule has 7 heteroatoms. The van der Waals surface area contributed by atoms with Gasteiger partial charge in [-0.1, -0.05) is 25.0 Å². The van der Waals surface area contributed by atoms with Crippen LogP contribution in [0, 0.1) is 0 Å². The number of carbonyl (C=O) groups excluding carboxylic acids is 1. The normalized spacial score (nSPS) is 19.3. The molecule has 2 rings (SSSR count). The van der Waals surface area contributed by atoms with Gasteiger partial charge in [0.05, 0.1) is 13.7 Å². The maximum Gasteiger partial charge on any atom is 0.406 e. The fourth-order valence-electron chi connectivity index (χ4n) is 3.21. The second kappa shape index (κ2) is 8.56. The van der Waals surface area contributed by atoms with Crippen LogP contribution in [0.3, 0.4) is 0 Å². The lowest BCUT2D eigenvalue weighted by Crippen LogP contribution is -2.43. The van der Waals surface area contributed by atoms with Crippen molar-refractivity contribution in [2.75, 3.05) is 33.8 Å². The molecule has 1 atom stereocenters. The molecule has 1 aliphatic heterocycles. The van der Waals surface area contributed by atoms with E-state index in [4.69, 9.17) is 4.74 Å². The Bertz CT molecular complexity index is 560. The number of rotatable bonds is 5. The lowest BCUT2D eigenvalue weighted by Gasteiger charge is -2.31. The van der Waals surface area contributed by atoms with Gasteiger partial charge in [0.1, 0.15) is 12.3 Å². The van der Waals surface area contributed by atoms with Crippen molar-refractivity contribution in [3.05, 3.63) is 29.8 Å². The molecule has 1 heterocycles. The number of hydrogen-bond acceptors (Lipinski definition) is 3. The number of ether oxygens (including phenoxy) is 1. The van der Waals surface area contributed by atoms with Gasteiger partial charge in [0.25, 0.3) is 0 Å². The Morgan fingerprint density at radius 2 is 1.92 bits per heavy atom. The number of benzene rings is 1. The molecule has 1 saturated heterocycles. The maximum atomic E-state index is 12.5. The van der Waals surface area contributed by atoms with Gasteiger partial charge < -0.3 is 9.64 Å². The van der Waals surface area contributed by atoms with Gasteiger partial charge in [-0.15, -0.1) is 0 Å². The van der Waals surface area contributed by atoms with Crippen LogP contribution in [0.2, 0.25) is 0 Å². The average Bonchev–Trinajstić information content (AvgIpc) is 2.79. The Morgan fingerprint density at radius 1 is 1.24 bits per heavy atom. The van der Waals surface area contributed by atoms with Crippen molar-refractivity contribution in [1.82, 2.24) is 9.80 Å². The van der Waals surface area contributed by atoms with Gasteiger partial charge in [0, 0.05) is 13.1 Å². The number of nitrogens with zero attached hydrogens (tertiary/aromatic N) is 2. The minimum absolute atomic E-state index is 0.00325. The van der Waals surface area contributed by atoms with Crippen LogP contribution in [-0.2, 0) is 4.79 Å². The highest BCUT2D eigenvalue weighted by Gasteiger charge is 2.32. The molecule has 1 aliphatic rings. The van der Waals surface area contributed by atoms with E-state index in [-0.39, 0.29) is 12.6 Å². The zero-order valence-electron chi connectivity index (χ0n) is 14.7. The molecule has 0 aromatic heterocycles. The summed E-state index contributed by atoms with van der Waals surface area (Å²) in [4.78, 5) is 15.0. The Hall–Kier alpha value is -1.76. The molecule has 0 bridgehead atoms. The summed E-state index contributed by atoms with van der Waals surface area (Å²) in [6.07, 6.45) is -0.431. The first-order chi connectivity index (χ1) is 11.8. The van der Waals surface area contributed by atoms with Gasteiger partial charge in [-0.05, 0) is 37.1 Å². The Morgan fingerprint density at radius 3 is 2.52 bits per heavy atom. The van der Waals surface area contributed by atoms with Crippen molar-refractivity contribution in [1.29, 1.82) is 0 Å². The van der Waals surface area contributed by atoms with E-state index < -0.39 is 18.6 Å². The lowest BCUT2D eigenvalue weighted by atomic mass is 10.0. The standard InChI is InChI=1S/C18H25F3N2O2/c1-22(13-18(19,20)21)17(24)12-23-11-5-3-4-6-16(23)14-7-9-15(25-2)10-8-14/h7-10,16H,3-6,11-13H2,1-2H3. The average molecular weight is 358 g/mol. The van der Waals surface area contributed by atoms with E-state index in [9.17, 15) is 18.0 Å². The van der Waals surface area contributed by atoms with Crippen molar-refractivity contribution >= 4 is 5.91 Å². The molecule has 0 spiro atoms. The number of halogens is 3. The molecule has 0 aliphatic carbocycles. The molecule has 4 nitrogen and oxygen atoms in total. The van der Waals surface area contributed by atoms with Crippen LogP contribution in [0.4, 0.5) is 13.2 Å². The molecule has 0 N–H and O–H groups in total. The number of likely N-dealkylation sites (N-methyl/N-ethyl adjacent to an activating group) is 1. The molecule has 1 aromatic carbocycles. The molecule has 1 aromatic rings. The summed E-state index contributed by atoms with van der Waals surface area (Å²) < 4.78 is 42.7. The van der Waals surface area contributed by atoms with Crippen LogP contribution in [0.5, 0.6) is 5.75 Å². The predicted molar refractivity (Wildman–Crippen MR) is 89.5 cm³/mol. The predicted octanol–water partition coefficient (Wildman–Crippen LogP) is 3.63. The van der Waals surface area contributed by atoms with E-state index in [1.54, 1.807) is 7.11 Å². The number of hydrogen-bond donors (Lipinski definition) is 0. The first kappa shape index (κ1) is 19.6. The number of alkyl halides is 3. The van der Waals surface area contributed by atoms with Crippen molar-refractivity contribution in [3.63, 3.8) is 0 Å². The Balaban J connectivity index is 2.09. The van der Waals surface area contributed by atoms with Gasteiger partial charge in [0.2, 0.25) is 5.91 Å². The number of amides is 1. The number of carbonyl (C=O) groups is 1. The molecule has 0 radical (unpaired) electrons. The minimum atomic E-state index is -4.38. The lowest BCUT2D eigenvalue weighted by molar-refractivity contribution is -0.159. The van der Waals surface area contributed by atoms with E-state index in [1.165, 1.54) is 7.05 Å². The van der Waals surface area contributed by atoms with Gasteiger partial charge in [0.15, 0.2) is 0 Å². The number of methoxy groups -OCH3 is 1. The van der Waals surface area contributed by atoms with Crippen LogP contribution in [-0.4, -0.2) is 55.7 Å². The SMILES string of the molecule is COc1ccc(C2CCCCCN2CC(=O)N(C)CC(F)(F)F)cc1. The molecule has 1 unspecified atom stereocenters. The smallest absolute Gasteiger partial charge is 0.406 e. The van der Waals surface area contributed by atoms with E-state index in [0.717, 1.165) is 41.9 Å². The second-order valence-electron chi connectivity index (χ2n) is 6.47. The van der Waals surface area contributed by atoms with Crippen molar-refractivity contribution in [3.8, 4) is 5.75 Å². The topological polar surface area (TPSA) is 32.8 Å². The van der Waals surface area contributed by atoms with Gasteiger partial charge >= 0.3 is 6.18 Å². The highest BCUT2D eigenvalue weighted by atomic mass is 19.4. The molecule has 1 fully saturated rings. The monoisotopic (exact) mass is 358 g/mol. The Labute approximate surface area is 146 Å². The largest absolute Gasteiger partial charge is 0.497 e. The zero-order chi connectivity index (χ0) is 18.4. The molecule has 0 saturated carbocycles. The van der Waals surface area contributed by atoms with Gasteiger partial charge in [-0.2, -0.15) is 13.2 Å². The first-order valence-electron chi connectivity index (χ1n) is 8.49. The van der Waals surface area contributed by atoms with Gasteiger partial charge in [-0.25, -0.2) is 0 Å². The third-order valence-electron chi connectivity index (χ3n) is 4.54. The summed E-state index contributed by atoms with van der Waals surface area (Å²) in [7, 11) is 2.80. The fourth-order valence-corrected chi connectivity index (χ4v) is 3.21.